The minimum absolute atomic E-state index is 0.0103. The fourth-order valence-electron chi connectivity index (χ4n) is 3.70. The molecule has 8 nitrogen and oxygen atoms in total. The van der Waals surface area contributed by atoms with E-state index in [1.165, 1.54) is 41.2 Å². The third-order valence-corrected chi connectivity index (χ3v) is 7.45. The molecule has 0 unspecified atom stereocenters. The number of aromatic nitrogens is 3. The molecule has 1 N–H and O–H groups in total. The first-order valence-electron chi connectivity index (χ1n) is 10.4. The van der Waals surface area contributed by atoms with Crippen LogP contribution in [0.2, 0.25) is 0 Å². The number of amides is 1. The molecule has 0 fully saturated rings. The van der Waals surface area contributed by atoms with Crippen LogP contribution in [0.5, 0.6) is 0 Å². The van der Waals surface area contributed by atoms with Gasteiger partial charge in [0.1, 0.15) is 11.6 Å². The molecular formula is C24H17FN4O4S2. The molecule has 0 spiro atoms. The number of benzene rings is 1. The Labute approximate surface area is 207 Å². The van der Waals surface area contributed by atoms with Crippen molar-refractivity contribution in [3.63, 3.8) is 0 Å². The van der Waals surface area contributed by atoms with Gasteiger partial charge in [-0.05, 0) is 48.4 Å². The number of anilines is 1. The number of ketones is 1. The van der Waals surface area contributed by atoms with E-state index >= 15 is 0 Å². The van der Waals surface area contributed by atoms with Gasteiger partial charge in [0.2, 0.25) is 10.9 Å². The summed E-state index contributed by atoms with van der Waals surface area (Å²) < 4.78 is 19.9. The number of halogens is 1. The van der Waals surface area contributed by atoms with E-state index in [0.717, 1.165) is 11.3 Å². The number of aliphatic hydroxyl groups excluding tert-OH is 1. The third-order valence-electron chi connectivity index (χ3n) is 5.35. The summed E-state index contributed by atoms with van der Waals surface area (Å²) in [4.78, 5) is 31.7. The van der Waals surface area contributed by atoms with Crippen LogP contribution >= 0.6 is 23.1 Å². The van der Waals surface area contributed by atoms with E-state index in [9.17, 15) is 19.1 Å². The highest BCUT2D eigenvalue weighted by atomic mass is 32.2. The van der Waals surface area contributed by atoms with Gasteiger partial charge >= 0.3 is 0 Å². The summed E-state index contributed by atoms with van der Waals surface area (Å²) in [5, 5.41) is 19.2. The molecule has 1 atom stereocenters. The highest BCUT2D eigenvalue weighted by Gasteiger charge is 2.46. The fourth-order valence-corrected chi connectivity index (χ4v) is 5.55. The molecule has 1 amide bonds. The van der Waals surface area contributed by atoms with Gasteiger partial charge in [-0.25, -0.2) is 4.39 Å². The Hall–Kier alpha value is -3.83. The van der Waals surface area contributed by atoms with Crippen LogP contribution in [-0.2, 0) is 10.5 Å². The van der Waals surface area contributed by atoms with Gasteiger partial charge in [0, 0.05) is 18.1 Å². The Morgan fingerprint density at radius 2 is 1.94 bits per heavy atom. The smallest absolute Gasteiger partial charge is 0.296 e. The standard InChI is InChI=1S/C24H17FN4O4S2/c1-13-6-7-17(33-13)20(30)18-19(14-8-10-26-11-9-14)29(22(32)21(18)31)23-27-28-24(35-23)34-12-15-4-2-3-5-16(15)25/h2-11,19,31H,12H2,1H3/t19-/m1/s1. The predicted molar refractivity (Wildman–Crippen MR) is 128 cm³/mol. The summed E-state index contributed by atoms with van der Waals surface area (Å²) in [5.74, 6) is -1.52. The summed E-state index contributed by atoms with van der Waals surface area (Å²) in [6.45, 7) is 1.69. The zero-order valence-corrected chi connectivity index (χ0v) is 19.8. The molecule has 0 bridgehead atoms. The van der Waals surface area contributed by atoms with Crippen molar-refractivity contribution in [2.45, 2.75) is 23.1 Å². The number of aliphatic hydroxyl groups is 1. The quantitative estimate of drug-likeness (QED) is 0.210. The van der Waals surface area contributed by atoms with Crippen molar-refractivity contribution in [1.82, 2.24) is 15.2 Å². The third kappa shape index (κ3) is 4.35. The van der Waals surface area contributed by atoms with Crippen LogP contribution in [0.25, 0.3) is 0 Å². The van der Waals surface area contributed by atoms with Gasteiger partial charge in [-0.1, -0.05) is 41.3 Å². The van der Waals surface area contributed by atoms with Crippen molar-refractivity contribution in [3.8, 4) is 0 Å². The normalized spacial score (nSPS) is 15.8. The number of furan rings is 1. The molecule has 0 radical (unpaired) electrons. The minimum Gasteiger partial charge on any atom is -0.503 e. The Morgan fingerprint density at radius 3 is 2.66 bits per heavy atom. The van der Waals surface area contributed by atoms with Crippen molar-refractivity contribution < 1.29 is 23.5 Å². The van der Waals surface area contributed by atoms with Gasteiger partial charge in [-0.2, -0.15) is 0 Å². The number of Topliss-reactive ketones (excluding diaryl/α,β-unsaturated/α-hetero) is 1. The Balaban J connectivity index is 1.48. The molecule has 0 saturated heterocycles. The van der Waals surface area contributed by atoms with Crippen LogP contribution in [0.3, 0.4) is 0 Å². The van der Waals surface area contributed by atoms with E-state index in [-0.39, 0.29) is 22.3 Å². The van der Waals surface area contributed by atoms with Crippen LogP contribution in [0.15, 0.2) is 81.0 Å². The molecule has 1 aliphatic rings. The zero-order valence-electron chi connectivity index (χ0n) is 18.2. The molecule has 1 aliphatic heterocycles. The zero-order chi connectivity index (χ0) is 24.5. The van der Waals surface area contributed by atoms with Crippen LogP contribution in [0.4, 0.5) is 9.52 Å². The summed E-state index contributed by atoms with van der Waals surface area (Å²) in [5.41, 5.74) is 0.952. The molecule has 35 heavy (non-hydrogen) atoms. The number of nitrogens with zero attached hydrogens (tertiary/aromatic N) is 4. The predicted octanol–water partition coefficient (Wildman–Crippen LogP) is 5.05. The van der Waals surface area contributed by atoms with Crippen LogP contribution in [0.1, 0.15) is 33.5 Å². The maximum Gasteiger partial charge on any atom is 0.296 e. The fraction of sp³-hybridized carbons (Fsp3) is 0.125. The number of pyridine rings is 1. The van der Waals surface area contributed by atoms with Gasteiger partial charge in [-0.3, -0.25) is 19.5 Å². The monoisotopic (exact) mass is 508 g/mol. The Bertz CT molecular complexity index is 1450. The number of carbonyl (C=O) groups excluding carboxylic acids is 2. The summed E-state index contributed by atoms with van der Waals surface area (Å²) in [7, 11) is 0. The number of hydrogen-bond donors (Lipinski definition) is 1. The average molecular weight is 509 g/mol. The molecule has 3 aromatic heterocycles. The van der Waals surface area contributed by atoms with E-state index in [2.05, 4.69) is 15.2 Å². The van der Waals surface area contributed by atoms with Gasteiger partial charge in [0.25, 0.3) is 5.91 Å². The van der Waals surface area contributed by atoms with Crippen molar-refractivity contribution in [2.75, 3.05) is 4.90 Å². The van der Waals surface area contributed by atoms with E-state index in [4.69, 9.17) is 4.42 Å². The highest BCUT2D eigenvalue weighted by Crippen LogP contribution is 2.43. The maximum absolute atomic E-state index is 14.0. The van der Waals surface area contributed by atoms with Crippen molar-refractivity contribution in [1.29, 1.82) is 0 Å². The van der Waals surface area contributed by atoms with Gasteiger partial charge in [0.05, 0.1) is 11.6 Å². The summed E-state index contributed by atoms with van der Waals surface area (Å²) in [6, 6.07) is 11.9. The first-order chi connectivity index (χ1) is 16.9. The average Bonchev–Trinajstić information content (AvgIpc) is 3.57. The van der Waals surface area contributed by atoms with Gasteiger partial charge in [-0.15, -0.1) is 10.2 Å². The van der Waals surface area contributed by atoms with Gasteiger partial charge in [0.15, 0.2) is 15.9 Å². The van der Waals surface area contributed by atoms with Crippen LogP contribution < -0.4 is 4.90 Å². The first-order valence-corrected chi connectivity index (χ1v) is 12.2. The lowest BCUT2D eigenvalue weighted by Gasteiger charge is -2.23. The summed E-state index contributed by atoms with van der Waals surface area (Å²) >= 11 is 2.38. The number of aryl methyl sites for hydroxylation is 1. The largest absolute Gasteiger partial charge is 0.503 e. The van der Waals surface area contributed by atoms with E-state index in [1.807, 2.05) is 0 Å². The van der Waals surface area contributed by atoms with Crippen LogP contribution in [-0.4, -0.2) is 32.0 Å². The Morgan fingerprint density at radius 1 is 1.17 bits per heavy atom. The molecule has 4 heterocycles. The van der Waals surface area contributed by atoms with E-state index in [0.29, 0.717) is 27.0 Å². The van der Waals surface area contributed by atoms with Crippen molar-refractivity contribution in [2.24, 2.45) is 0 Å². The number of thioether (sulfide) groups is 1. The second-order valence-electron chi connectivity index (χ2n) is 7.59. The van der Waals surface area contributed by atoms with Gasteiger partial charge < -0.3 is 9.52 Å². The minimum atomic E-state index is -0.958. The van der Waals surface area contributed by atoms with E-state index in [1.54, 1.807) is 43.3 Å². The Kier molecular flexibility index (Phi) is 6.18. The first kappa shape index (κ1) is 22.9. The van der Waals surface area contributed by atoms with E-state index < -0.39 is 23.5 Å². The second kappa shape index (κ2) is 9.43. The number of rotatable bonds is 7. The maximum atomic E-state index is 14.0. The van der Waals surface area contributed by atoms with Crippen molar-refractivity contribution in [3.05, 3.63) is 101 Å². The molecule has 11 heteroatoms. The SMILES string of the molecule is Cc1ccc(C(=O)C2=C(O)C(=O)N(c3nnc(SCc4ccccc4F)s3)[C@@H]2c2ccncc2)o1. The molecule has 4 aromatic rings. The molecule has 0 aliphatic carbocycles. The lowest BCUT2D eigenvalue weighted by atomic mass is 9.96. The molecule has 0 saturated carbocycles. The summed E-state index contributed by atoms with van der Waals surface area (Å²) in [6.07, 6.45) is 3.06. The lowest BCUT2D eigenvalue weighted by Crippen LogP contribution is -2.31. The molecule has 5 rings (SSSR count). The highest BCUT2D eigenvalue weighted by molar-refractivity contribution is 8.00. The molecule has 1 aromatic carbocycles. The molecular weight excluding hydrogens is 491 g/mol. The second-order valence-corrected chi connectivity index (χ2v) is 9.77. The number of hydrogen-bond acceptors (Lipinski definition) is 9. The molecule has 176 valence electrons. The van der Waals surface area contributed by atoms with Crippen LogP contribution in [0, 0.1) is 12.7 Å². The topological polar surface area (TPSA) is 109 Å². The lowest BCUT2D eigenvalue weighted by molar-refractivity contribution is -0.117. The van der Waals surface area contributed by atoms with Crippen molar-refractivity contribution >= 4 is 39.9 Å². The number of carbonyl (C=O) groups is 2.